The van der Waals surface area contributed by atoms with E-state index in [1.165, 1.54) is 43.3 Å². The van der Waals surface area contributed by atoms with Gasteiger partial charge in [-0.25, -0.2) is 17.5 Å². The lowest BCUT2D eigenvalue weighted by Gasteiger charge is -2.18. The van der Waals surface area contributed by atoms with Crippen molar-refractivity contribution >= 4 is 21.8 Å². The highest BCUT2D eigenvalue weighted by Gasteiger charge is 2.24. The smallest absolute Gasteiger partial charge is 0.305 e. The minimum absolute atomic E-state index is 0.155. The van der Waals surface area contributed by atoms with Gasteiger partial charge in [-0.2, -0.15) is 0 Å². The van der Waals surface area contributed by atoms with Crippen molar-refractivity contribution in [2.24, 2.45) is 0 Å². The van der Waals surface area contributed by atoms with E-state index in [0.717, 1.165) is 12.1 Å². The molecule has 0 saturated heterocycles. The number of ketones is 1. The first kappa shape index (κ1) is 18.8. The summed E-state index contributed by atoms with van der Waals surface area (Å²) >= 11 is 0. The van der Waals surface area contributed by atoms with Crippen LogP contribution in [0.1, 0.15) is 35.3 Å². The monoisotopic (exact) mass is 365 g/mol. The molecule has 1 atom stereocenters. The zero-order valence-electron chi connectivity index (χ0n) is 13.3. The van der Waals surface area contributed by atoms with Crippen LogP contribution in [0, 0.1) is 5.82 Å². The molecule has 0 radical (unpaired) electrons. The Kier molecular flexibility index (Phi) is 5.66. The zero-order valence-corrected chi connectivity index (χ0v) is 14.1. The number of carboxylic acids is 1. The number of carboxylic acid groups (broad SMARTS) is 1. The molecule has 0 spiro atoms. The lowest BCUT2D eigenvalue weighted by Crippen LogP contribution is -2.30. The Bertz CT molecular complexity index is 894. The maximum absolute atomic E-state index is 13.0. The van der Waals surface area contributed by atoms with Gasteiger partial charge in [-0.3, -0.25) is 9.59 Å². The third-order valence-electron chi connectivity index (χ3n) is 3.50. The van der Waals surface area contributed by atoms with Crippen molar-refractivity contribution in [3.63, 3.8) is 0 Å². The number of sulfonamides is 1. The number of hydrogen-bond donors (Lipinski definition) is 2. The van der Waals surface area contributed by atoms with E-state index in [2.05, 4.69) is 4.72 Å². The Labute approximate surface area is 144 Å². The molecule has 132 valence electrons. The van der Waals surface area contributed by atoms with Gasteiger partial charge < -0.3 is 5.11 Å². The quantitative estimate of drug-likeness (QED) is 0.735. The molecule has 8 heteroatoms. The lowest BCUT2D eigenvalue weighted by atomic mass is 10.1. The molecule has 0 aliphatic carbocycles. The minimum atomic E-state index is -4.08. The standard InChI is InChI=1S/C17H16FNO5S/c1-11(20)13-3-2-4-15(9-13)25(23,24)19-16(10-17(21)22)12-5-7-14(18)8-6-12/h2-9,16,19H,10H2,1H3,(H,21,22). The Balaban J connectivity index is 2.36. The number of nitrogens with one attached hydrogen (secondary N) is 1. The fourth-order valence-corrected chi connectivity index (χ4v) is 3.50. The molecule has 0 amide bonds. The number of rotatable bonds is 7. The van der Waals surface area contributed by atoms with Gasteiger partial charge in [-0.05, 0) is 36.8 Å². The van der Waals surface area contributed by atoms with Gasteiger partial charge in [0.15, 0.2) is 5.78 Å². The number of carbonyl (C=O) groups is 2. The molecule has 0 aliphatic heterocycles. The van der Waals surface area contributed by atoms with E-state index in [1.54, 1.807) is 0 Å². The summed E-state index contributed by atoms with van der Waals surface area (Å²) in [5.74, 6) is -2.03. The molecule has 0 fully saturated rings. The molecule has 2 N–H and O–H groups in total. The number of hydrogen-bond acceptors (Lipinski definition) is 4. The van der Waals surface area contributed by atoms with Gasteiger partial charge in [0.25, 0.3) is 0 Å². The van der Waals surface area contributed by atoms with Crippen LogP contribution in [0.3, 0.4) is 0 Å². The van der Waals surface area contributed by atoms with Gasteiger partial charge in [0, 0.05) is 5.56 Å². The Morgan fingerprint density at radius 2 is 1.80 bits per heavy atom. The third kappa shape index (κ3) is 4.94. The first-order valence-corrected chi connectivity index (χ1v) is 8.78. The van der Waals surface area contributed by atoms with Gasteiger partial charge in [0.2, 0.25) is 10.0 Å². The van der Waals surface area contributed by atoms with Crippen LogP contribution >= 0.6 is 0 Å². The average molecular weight is 365 g/mol. The Morgan fingerprint density at radius 1 is 1.16 bits per heavy atom. The van der Waals surface area contributed by atoms with Crippen LogP contribution < -0.4 is 4.72 Å². The van der Waals surface area contributed by atoms with E-state index in [-0.39, 0.29) is 16.2 Å². The summed E-state index contributed by atoms with van der Waals surface area (Å²) in [5.41, 5.74) is 0.537. The topological polar surface area (TPSA) is 101 Å². The molecule has 0 heterocycles. The van der Waals surface area contributed by atoms with E-state index in [9.17, 15) is 22.4 Å². The van der Waals surface area contributed by atoms with Crippen LogP contribution in [0.15, 0.2) is 53.4 Å². The van der Waals surface area contributed by atoms with Crippen molar-refractivity contribution in [1.82, 2.24) is 4.72 Å². The second kappa shape index (κ2) is 7.54. The number of benzene rings is 2. The molecule has 2 rings (SSSR count). The highest BCUT2D eigenvalue weighted by molar-refractivity contribution is 7.89. The minimum Gasteiger partial charge on any atom is -0.481 e. The van der Waals surface area contributed by atoms with Crippen molar-refractivity contribution < 1.29 is 27.5 Å². The SMILES string of the molecule is CC(=O)c1cccc(S(=O)(=O)NC(CC(=O)O)c2ccc(F)cc2)c1. The molecule has 0 saturated carbocycles. The maximum Gasteiger partial charge on any atom is 0.305 e. The van der Waals surface area contributed by atoms with E-state index in [1.807, 2.05) is 0 Å². The Morgan fingerprint density at radius 3 is 2.36 bits per heavy atom. The fraction of sp³-hybridized carbons (Fsp3) is 0.176. The van der Waals surface area contributed by atoms with Crippen molar-refractivity contribution in [2.45, 2.75) is 24.3 Å². The molecule has 0 aromatic heterocycles. The van der Waals surface area contributed by atoms with Crippen LogP contribution in [0.25, 0.3) is 0 Å². The molecule has 6 nitrogen and oxygen atoms in total. The highest BCUT2D eigenvalue weighted by atomic mass is 32.2. The molecular weight excluding hydrogens is 349 g/mol. The van der Waals surface area contributed by atoms with Gasteiger partial charge >= 0.3 is 5.97 Å². The summed E-state index contributed by atoms with van der Waals surface area (Å²) in [6.45, 7) is 1.31. The van der Waals surface area contributed by atoms with Gasteiger partial charge in [0.05, 0.1) is 17.4 Å². The molecule has 0 bridgehead atoms. The number of aliphatic carboxylic acids is 1. The van der Waals surface area contributed by atoms with Crippen molar-refractivity contribution in [3.8, 4) is 0 Å². The second-order valence-corrected chi connectivity index (χ2v) is 7.12. The predicted molar refractivity (Wildman–Crippen MR) is 88.2 cm³/mol. The summed E-state index contributed by atoms with van der Waals surface area (Å²) in [5, 5.41) is 9.03. The largest absolute Gasteiger partial charge is 0.481 e. The Hall–Kier alpha value is -2.58. The zero-order chi connectivity index (χ0) is 18.6. The van der Waals surface area contributed by atoms with Crippen LogP contribution in [-0.4, -0.2) is 25.3 Å². The van der Waals surface area contributed by atoms with Gasteiger partial charge in [-0.15, -0.1) is 0 Å². The summed E-state index contributed by atoms with van der Waals surface area (Å²) in [6, 6.07) is 9.22. The van der Waals surface area contributed by atoms with Gasteiger partial charge in [0.1, 0.15) is 5.82 Å². The van der Waals surface area contributed by atoms with Crippen LogP contribution in [-0.2, 0) is 14.8 Å². The van der Waals surface area contributed by atoms with E-state index in [4.69, 9.17) is 5.11 Å². The number of carbonyl (C=O) groups excluding carboxylic acids is 1. The van der Waals surface area contributed by atoms with Crippen LogP contribution in [0.4, 0.5) is 4.39 Å². The van der Waals surface area contributed by atoms with Gasteiger partial charge in [-0.1, -0.05) is 24.3 Å². The maximum atomic E-state index is 13.0. The normalized spacial score (nSPS) is 12.6. The molecule has 1 unspecified atom stereocenters. The second-order valence-electron chi connectivity index (χ2n) is 5.41. The van der Waals surface area contributed by atoms with E-state index < -0.39 is 34.3 Å². The summed E-state index contributed by atoms with van der Waals surface area (Å²) < 4.78 is 40.4. The predicted octanol–water partition coefficient (Wildman–Crippen LogP) is 2.52. The molecular formula is C17H16FNO5S. The first-order chi connectivity index (χ1) is 11.7. The number of halogens is 1. The fourth-order valence-electron chi connectivity index (χ4n) is 2.23. The molecule has 0 aliphatic rings. The van der Waals surface area contributed by atoms with Crippen molar-refractivity contribution in [3.05, 3.63) is 65.5 Å². The van der Waals surface area contributed by atoms with Crippen molar-refractivity contribution in [2.75, 3.05) is 0 Å². The van der Waals surface area contributed by atoms with Crippen molar-refractivity contribution in [1.29, 1.82) is 0 Å². The molecule has 2 aromatic rings. The van der Waals surface area contributed by atoms with E-state index in [0.29, 0.717) is 5.56 Å². The number of Topliss-reactive ketones (excluding diaryl/α,β-unsaturated/α-hetero) is 1. The summed E-state index contributed by atoms with van der Waals surface area (Å²) in [7, 11) is -4.08. The average Bonchev–Trinajstić information content (AvgIpc) is 2.54. The summed E-state index contributed by atoms with van der Waals surface area (Å²) in [6.07, 6.45) is -0.517. The summed E-state index contributed by atoms with van der Waals surface area (Å²) in [4.78, 5) is 22.3. The third-order valence-corrected chi connectivity index (χ3v) is 4.97. The first-order valence-electron chi connectivity index (χ1n) is 7.29. The molecule has 25 heavy (non-hydrogen) atoms. The van der Waals surface area contributed by atoms with Crippen LogP contribution in [0.2, 0.25) is 0 Å². The highest BCUT2D eigenvalue weighted by Crippen LogP contribution is 2.21. The van der Waals surface area contributed by atoms with E-state index >= 15 is 0 Å². The molecule has 2 aromatic carbocycles. The van der Waals surface area contributed by atoms with Crippen LogP contribution in [0.5, 0.6) is 0 Å². The lowest BCUT2D eigenvalue weighted by molar-refractivity contribution is -0.137.